The van der Waals surface area contributed by atoms with E-state index in [1.807, 2.05) is 30.3 Å². The van der Waals surface area contributed by atoms with E-state index in [0.717, 1.165) is 77.6 Å². The molecule has 0 aliphatic heterocycles. The quantitative estimate of drug-likeness (QED) is 0.0938. The van der Waals surface area contributed by atoms with Crippen molar-refractivity contribution >= 4 is 38.3 Å². The molecule has 6 rings (SSSR count). The molecule has 1 atom stereocenters. The number of aliphatic carboxylic acids is 1. The molecule has 12 nitrogen and oxygen atoms in total. The number of hydrogen-bond donors (Lipinski definition) is 1. The van der Waals surface area contributed by atoms with E-state index < -0.39 is 28.7 Å². The van der Waals surface area contributed by atoms with Crippen LogP contribution in [0.15, 0.2) is 83.7 Å². The van der Waals surface area contributed by atoms with E-state index in [4.69, 9.17) is 24.1 Å². The maximum absolute atomic E-state index is 12.9. The van der Waals surface area contributed by atoms with Gasteiger partial charge in [-0.15, -0.1) is 11.3 Å². The molecule has 0 bridgehead atoms. The molecule has 328 valence electrons. The first-order valence-corrected chi connectivity index (χ1v) is 20.6. The molecule has 0 saturated carbocycles. The molecule has 0 aliphatic carbocycles. The van der Waals surface area contributed by atoms with Gasteiger partial charge < -0.3 is 29.0 Å². The number of nitrogens with zero attached hydrogens (tertiary/aromatic N) is 5. The minimum Gasteiger partial charge on any atom is -0.493 e. The van der Waals surface area contributed by atoms with E-state index >= 15 is 0 Å². The van der Waals surface area contributed by atoms with Crippen LogP contribution in [0.2, 0.25) is 0 Å². The number of thiazole rings is 1. The topological polar surface area (TPSA) is 149 Å². The SMILES string of the molecule is COc1ccc(CCN(C)CCCC(C#N)(c2ccc(OC)c(OC)c2)C(C)C)cc1OC.O=C(O)Cc1nn(Cc2nc3cc(C(F)(F)F)ccc3s2)c(=O)c2ccccc12. The molecule has 0 saturated heterocycles. The van der Waals surface area contributed by atoms with Crippen molar-refractivity contribution in [3.05, 3.63) is 117 Å². The summed E-state index contributed by atoms with van der Waals surface area (Å²) in [5, 5.41) is 24.7. The van der Waals surface area contributed by atoms with Crippen LogP contribution in [0.1, 0.15) is 54.1 Å². The van der Waals surface area contributed by atoms with Crippen molar-refractivity contribution in [3.8, 4) is 29.1 Å². The summed E-state index contributed by atoms with van der Waals surface area (Å²) in [6.45, 7) is 5.99. The van der Waals surface area contributed by atoms with Gasteiger partial charge in [-0.1, -0.05) is 44.2 Å². The highest BCUT2D eigenvalue weighted by molar-refractivity contribution is 7.18. The highest BCUT2D eigenvalue weighted by atomic mass is 32.1. The van der Waals surface area contributed by atoms with Gasteiger partial charge in [-0.25, -0.2) is 9.67 Å². The average Bonchev–Trinajstić information content (AvgIpc) is 3.67. The summed E-state index contributed by atoms with van der Waals surface area (Å²) in [4.78, 5) is 30.4. The predicted octanol–water partition coefficient (Wildman–Crippen LogP) is 8.79. The highest BCUT2D eigenvalue weighted by Gasteiger charge is 2.36. The first-order valence-electron chi connectivity index (χ1n) is 19.8. The number of benzene rings is 4. The van der Waals surface area contributed by atoms with E-state index in [1.54, 1.807) is 52.7 Å². The first kappa shape index (κ1) is 46.9. The van der Waals surface area contributed by atoms with Crippen molar-refractivity contribution in [2.24, 2.45) is 5.92 Å². The highest BCUT2D eigenvalue weighted by Crippen LogP contribution is 2.40. The van der Waals surface area contributed by atoms with E-state index in [-0.39, 0.29) is 30.1 Å². The van der Waals surface area contributed by atoms with Crippen LogP contribution < -0.4 is 24.5 Å². The van der Waals surface area contributed by atoms with E-state index in [9.17, 15) is 28.0 Å². The summed E-state index contributed by atoms with van der Waals surface area (Å²) in [5.74, 6) is 1.90. The molecule has 0 radical (unpaired) electrons. The summed E-state index contributed by atoms with van der Waals surface area (Å²) in [7, 11) is 8.67. The fourth-order valence-corrected chi connectivity index (χ4v) is 8.19. The normalized spacial score (nSPS) is 12.4. The van der Waals surface area contributed by atoms with E-state index in [0.29, 0.717) is 32.0 Å². The second-order valence-corrected chi connectivity index (χ2v) is 16.1. The van der Waals surface area contributed by atoms with Gasteiger partial charge in [-0.2, -0.15) is 23.5 Å². The number of ether oxygens (including phenoxy) is 4. The fraction of sp³-hybridized carbons (Fsp3) is 0.370. The zero-order valence-corrected chi connectivity index (χ0v) is 36.5. The Labute approximate surface area is 362 Å². The van der Waals surface area contributed by atoms with Crippen LogP contribution in [0.4, 0.5) is 13.2 Å². The molecule has 1 N–H and O–H groups in total. The van der Waals surface area contributed by atoms with Crippen LogP contribution in [0.5, 0.6) is 23.0 Å². The maximum Gasteiger partial charge on any atom is 0.416 e. The summed E-state index contributed by atoms with van der Waals surface area (Å²) in [6.07, 6.45) is -2.23. The number of halogens is 3. The van der Waals surface area contributed by atoms with Gasteiger partial charge in [0.15, 0.2) is 23.0 Å². The van der Waals surface area contributed by atoms with Crippen LogP contribution >= 0.6 is 11.3 Å². The molecule has 1 unspecified atom stereocenters. The number of carbonyl (C=O) groups is 1. The molecule has 0 fully saturated rings. The second-order valence-electron chi connectivity index (χ2n) is 15.0. The Hall–Kier alpha value is -6.18. The Morgan fingerprint density at radius 3 is 2.11 bits per heavy atom. The number of nitriles is 1. The molecule has 16 heteroatoms. The van der Waals surface area contributed by atoms with E-state index in [1.165, 1.54) is 11.6 Å². The number of aromatic nitrogens is 3. The minimum absolute atomic E-state index is 0.0724. The molecule has 4 aromatic carbocycles. The van der Waals surface area contributed by atoms with Gasteiger partial charge in [-0.05, 0) is 98.4 Å². The lowest BCUT2D eigenvalue weighted by atomic mass is 9.69. The third kappa shape index (κ3) is 11.0. The number of alkyl halides is 3. The second kappa shape index (κ2) is 20.6. The number of rotatable bonds is 17. The number of carboxylic acid groups (broad SMARTS) is 1. The lowest BCUT2D eigenvalue weighted by Crippen LogP contribution is -2.32. The summed E-state index contributed by atoms with van der Waals surface area (Å²) in [5.41, 5.74) is 0.789. The zero-order chi connectivity index (χ0) is 45.2. The van der Waals surface area contributed by atoms with Gasteiger partial charge in [-0.3, -0.25) is 9.59 Å². The van der Waals surface area contributed by atoms with Crippen LogP contribution in [0, 0.1) is 17.2 Å². The summed E-state index contributed by atoms with van der Waals surface area (Å²) >= 11 is 1.15. The fourth-order valence-electron chi connectivity index (χ4n) is 7.26. The number of hydrogen-bond acceptors (Lipinski definition) is 11. The van der Waals surface area contributed by atoms with Gasteiger partial charge >= 0.3 is 12.1 Å². The number of fused-ring (bicyclic) bond motifs is 2. The van der Waals surface area contributed by atoms with Crippen molar-refractivity contribution in [2.75, 3.05) is 48.6 Å². The Balaban J connectivity index is 0.000000236. The third-order valence-electron chi connectivity index (χ3n) is 10.7. The molecule has 2 heterocycles. The summed E-state index contributed by atoms with van der Waals surface area (Å²) in [6, 6.07) is 24.3. The minimum atomic E-state index is -4.47. The largest absolute Gasteiger partial charge is 0.493 e. The van der Waals surface area contributed by atoms with Gasteiger partial charge in [0, 0.05) is 11.9 Å². The lowest BCUT2D eigenvalue weighted by molar-refractivity contribution is -0.138. The van der Waals surface area contributed by atoms with Gasteiger partial charge in [0.25, 0.3) is 5.56 Å². The predicted molar refractivity (Wildman–Crippen MR) is 233 cm³/mol. The van der Waals surface area contributed by atoms with Crippen LogP contribution in [0.3, 0.4) is 0 Å². The lowest BCUT2D eigenvalue weighted by Gasteiger charge is -2.32. The molecule has 2 aromatic heterocycles. The van der Waals surface area contributed by atoms with Crippen LogP contribution in [-0.2, 0) is 35.8 Å². The summed E-state index contributed by atoms with van der Waals surface area (Å²) < 4.78 is 61.9. The maximum atomic E-state index is 12.9. The van der Waals surface area contributed by atoms with Gasteiger partial charge in [0.2, 0.25) is 0 Å². The number of likely N-dealkylation sites (N-methyl/N-ethyl adjacent to an activating group) is 1. The molecule has 62 heavy (non-hydrogen) atoms. The van der Waals surface area contributed by atoms with Crippen molar-refractivity contribution < 1.29 is 42.0 Å². The Bertz CT molecular complexity index is 2610. The Morgan fingerprint density at radius 1 is 0.871 bits per heavy atom. The molecular formula is C46H50F3N5O7S. The Morgan fingerprint density at radius 2 is 1.50 bits per heavy atom. The van der Waals surface area contributed by atoms with Gasteiger partial charge in [0.05, 0.1) is 79.7 Å². The number of carboxylic acids is 1. The molecule has 0 amide bonds. The first-order chi connectivity index (χ1) is 29.6. The van der Waals surface area contributed by atoms with Crippen LogP contribution in [0.25, 0.3) is 21.0 Å². The van der Waals surface area contributed by atoms with Crippen LogP contribution in [-0.4, -0.2) is 79.3 Å². The molecule has 6 aromatic rings. The molecule has 0 spiro atoms. The third-order valence-corrected chi connectivity index (χ3v) is 11.8. The van der Waals surface area contributed by atoms with Crippen molar-refractivity contribution in [1.82, 2.24) is 19.7 Å². The molecular weight excluding hydrogens is 824 g/mol. The van der Waals surface area contributed by atoms with Crippen molar-refractivity contribution in [3.63, 3.8) is 0 Å². The Kier molecular flexibility index (Phi) is 15.6. The molecule has 0 aliphatic rings. The van der Waals surface area contributed by atoms with Gasteiger partial charge in [0.1, 0.15) is 5.01 Å². The van der Waals surface area contributed by atoms with E-state index in [2.05, 4.69) is 48.0 Å². The smallest absolute Gasteiger partial charge is 0.416 e. The number of methoxy groups -OCH3 is 4. The zero-order valence-electron chi connectivity index (χ0n) is 35.7. The van der Waals surface area contributed by atoms with Crippen molar-refractivity contribution in [1.29, 1.82) is 5.26 Å². The monoisotopic (exact) mass is 873 g/mol. The average molecular weight is 874 g/mol. The standard InChI is InChI=1S/C27H38N2O4.C19H12F3N3O3S/c1-20(2)27(19-28,22-10-12-24(31-5)26(18-22)33-7)14-8-15-29(3)16-13-21-9-11-23(30-4)25(17-21)32-6;20-19(21,22)10-5-6-15-14(7-10)23-16(29-15)9-25-18(28)12-4-2-1-3-11(12)13(24-25)8-17(26)27/h9-12,17-18,20H,8,13-16H2,1-7H3;1-7H,8-9H2,(H,26,27). The van der Waals surface area contributed by atoms with Crippen molar-refractivity contribution in [2.45, 2.75) is 57.7 Å².